The zero-order chi connectivity index (χ0) is 46.4. The molecule has 0 fully saturated rings. The number of anilines is 1. The highest BCUT2D eigenvalue weighted by Crippen LogP contribution is 2.44. The Labute approximate surface area is 398 Å². The minimum atomic E-state index is -0.261. The fourth-order valence-electron chi connectivity index (χ4n) is 9.38. The number of benzene rings is 3. The first-order valence-corrected chi connectivity index (χ1v) is 27.0. The fourth-order valence-corrected chi connectivity index (χ4v) is 9.38. The Morgan fingerprint density at radius 3 is 1.35 bits per heavy atom. The predicted molar refractivity (Wildman–Crippen MR) is 279 cm³/mol. The number of amides is 1. The summed E-state index contributed by atoms with van der Waals surface area (Å²) in [5.74, 6) is 1.87. The van der Waals surface area contributed by atoms with Crippen molar-refractivity contribution in [2.45, 2.75) is 213 Å². The smallest absolute Gasteiger partial charge is 0.323 e. The van der Waals surface area contributed by atoms with Crippen LogP contribution in [0.1, 0.15) is 225 Å². The lowest BCUT2D eigenvalue weighted by Crippen LogP contribution is -2.07. The van der Waals surface area contributed by atoms with Gasteiger partial charge in [-0.25, -0.2) is 4.79 Å². The number of nitrogens with one attached hydrogen (secondary N) is 3. The number of imidazole rings is 1. The van der Waals surface area contributed by atoms with E-state index in [0.29, 0.717) is 48.2 Å². The molecular weight excluding hydrogens is 819 g/mol. The van der Waals surface area contributed by atoms with E-state index in [-0.39, 0.29) is 11.6 Å². The van der Waals surface area contributed by atoms with Gasteiger partial charge in [-0.1, -0.05) is 224 Å². The number of para-hydroxylation sites is 2. The van der Waals surface area contributed by atoms with Crippen molar-refractivity contribution in [1.29, 1.82) is 0 Å². The number of ether oxygens (including phenoxy) is 3. The first-order chi connectivity index (χ1) is 32.5. The highest BCUT2D eigenvalue weighted by molar-refractivity contribution is 6.36. The molecule has 66 heavy (non-hydrogen) atoms. The monoisotopic (exact) mass is 906 g/mol. The van der Waals surface area contributed by atoms with Gasteiger partial charge in [0.25, 0.3) is 5.91 Å². The molecule has 0 aliphatic carbocycles. The van der Waals surface area contributed by atoms with Crippen molar-refractivity contribution in [3.8, 4) is 28.4 Å². The van der Waals surface area contributed by atoms with Crippen molar-refractivity contribution in [2.24, 2.45) is 0 Å². The third kappa shape index (κ3) is 18.0. The second kappa shape index (κ2) is 31.5. The molecule has 0 bridgehead atoms. The number of carbonyl (C=O) groups is 1. The highest BCUT2D eigenvalue weighted by atomic mass is 16.5. The van der Waals surface area contributed by atoms with Crippen LogP contribution in [0.3, 0.4) is 0 Å². The van der Waals surface area contributed by atoms with E-state index in [0.717, 1.165) is 72.0 Å². The van der Waals surface area contributed by atoms with E-state index in [4.69, 9.17) is 14.2 Å². The van der Waals surface area contributed by atoms with Crippen molar-refractivity contribution in [3.05, 3.63) is 70.1 Å². The van der Waals surface area contributed by atoms with Crippen LogP contribution in [0, 0.1) is 0 Å². The van der Waals surface area contributed by atoms with Crippen LogP contribution in [0.15, 0.2) is 53.3 Å². The van der Waals surface area contributed by atoms with Gasteiger partial charge >= 0.3 is 5.69 Å². The average molecular weight is 906 g/mol. The van der Waals surface area contributed by atoms with Crippen LogP contribution < -0.4 is 25.2 Å². The Morgan fingerprint density at radius 2 is 0.864 bits per heavy atom. The van der Waals surface area contributed by atoms with Crippen LogP contribution >= 0.6 is 0 Å². The van der Waals surface area contributed by atoms with E-state index in [1.165, 1.54) is 154 Å². The lowest BCUT2D eigenvalue weighted by Gasteiger charge is -2.18. The van der Waals surface area contributed by atoms with Crippen molar-refractivity contribution >= 4 is 34.3 Å². The van der Waals surface area contributed by atoms with Gasteiger partial charge in [0, 0.05) is 22.3 Å². The van der Waals surface area contributed by atoms with E-state index < -0.39 is 0 Å². The summed E-state index contributed by atoms with van der Waals surface area (Å²) in [6.45, 7) is 8.64. The summed E-state index contributed by atoms with van der Waals surface area (Å²) < 4.78 is 20.0. The molecule has 3 aromatic carbocycles. The minimum absolute atomic E-state index is 0.172. The molecule has 0 atom stereocenters. The van der Waals surface area contributed by atoms with Gasteiger partial charge in [0.1, 0.15) is 0 Å². The molecule has 8 heteroatoms. The molecule has 0 radical (unpaired) electrons. The maximum Gasteiger partial charge on any atom is 0.323 e. The van der Waals surface area contributed by atoms with Gasteiger partial charge < -0.3 is 29.5 Å². The Kier molecular flexibility index (Phi) is 25.1. The lowest BCUT2D eigenvalue weighted by molar-refractivity contribution is -0.110. The van der Waals surface area contributed by atoms with Gasteiger partial charge in [0.15, 0.2) is 11.5 Å². The van der Waals surface area contributed by atoms with Crippen LogP contribution in [0.25, 0.3) is 33.8 Å². The fraction of sp³-hybridized carbons (Fsp3) is 0.621. The van der Waals surface area contributed by atoms with Gasteiger partial charge in [-0.05, 0) is 49.1 Å². The van der Waals surface area contributed by atoms with Gasteiger partial charge in [0.05, 0.1) is 36.5 Å². The molecule has 1 aliphatic heterocycles. The van der Waals surface area contributed by atoms with Crippen molar-refractivity contribution in [1.82, 2.24) is 9.97 Å². The summed E-state index contributed by atoms with van der Waals surface area (Å²) in [5.41, 5.74) is 5.82. The molecule has 5 rings (SSSR count). The zero-order valence-corrected chi connectivity index (χ0v) is 41.6. The highest BCUT2D eigenvalue weighted by Gasteiger charge is 2.28. The number of aromatic nitrogens is 2. The zero-order valence-electron chi connectivity index (χ0n) is 41.6. The molecule has 8 nitrogen and oxygen atoms in total. The molecule has 3 N–H and O–H groups in total. The molecule has 1 amide bonds. The molecule has 364 valence electrons. The summed E-state index contributed by atoms with van der Waals surface area (Å²) in [6.07, 6.45) is 39.9. The summed E-state index contributed by atoms with van der Waals surface area (Å²) in [7, 11) is 0. The first-order valence-electron chi connectivity index (χ1n) is 27.0. The van der Waals surface area contributed by atoms with E-state index in [1.54, 1.807) is 0 Å². The Hall–Kier alpha value is -4.46. The third-order valence-corrected chi connectivity index (χ3v) is 13.3. The van der Waals surface area contributed by atoms with Crippen LogP contribution in [0.2, 0.25) is 0 Å². The molecule has 2 heterocycles. The second-order valence-corrected chi connectivity index (χ2v) is 19.0. The van der Waals surface area contributed by atoms with Gasteiger partial charge in [0.2, 0.25) is 5.75 Å². The van der Waals surface area contributed by atoms with Gasteiger partial charge in [-0.3, -0.25) is 4.79 Å². The molecule has 1 aliphatic rings. The third-order valence-electron chi connectivity index (χ3n) is 13.3. The number of H-pyrrole nitrogens is 2. The molecule has 0 saturated heterocycles. The SMILES string of the molecule is CCCCCCCCCCCCOc1cc(/C=C2/C(=O)Nc3c2cccc3-c2cccc3[nH]c(=O)[nH]c23)cc(OCCCCCCCCCCCC)c1OCCCCCCCCCCCC. The minimum Gasteiger partial charge on any atom is -0.490 e. The van der Waals surface area contributed by atoms with Crippen LogP contribution in [0.4, 0.5) is 5.69 Å². The number of aromatic amines is 2. The lowest BCUT2D eigenvalue weighted by atomic mass is 9.97. The number of fused-ring (bicyclic) bond motifs is 2. The van der Waals surface area contributed by atoms with Crippen LogP contribution in [-0.4, -0.2) is 35.7 Å². The maximum absolute atomic E-state index is 13.9. The topological polar surface area (TPSA) is 105 Å². The first kappa shape index (κ1) is 52.5. The number of rotatable bonds is 38. The Morgan fingerprint density at radius 1 is 0.455 bits per heavy atom. The Bertz CT molecular complexity index is 2020. The number of hydrogen-bond acceptors (Lipinski definition) is 5. The second-order valence-electron chi connectivity index (χ2n) is 19.0. The maximum atomic E-state index is 13.9. The normalized spacial score (nSPS) is 12.9. The number of unbranched alkanes of at least 4 members (excludes halogenated alkanes) is 27. The van der Waals surface area contributed by atoms with E-state index in [9.17, 15) is 9.59 Å². The molecule has 1 aromatic heterocycles. The van der Waals surface area contributed by atoms with Crippen LogP contribution in [-0.2, 0) is 4.79 Å². The predicted octanol–water partition coefficient (Wildman–Crippen LogP) is 16.9. The number of carbonyl (C=O) groups excluding carboxylic acids is 1. The van der Waals surface area contributed by atoms with Crippen molar-refractivity contribution < 1.29 is 19.0 Å². The quantitative estimate of drug-likeness (QED) is 0.0307. The summed E-state index contributed by atoms with van der Waals surface area (Å²) >= 11 is 0. The largest absolute Gasteiger partial charge is 0.490 e. The Balaban J connectivity index is 1.33. The molecule has 4 aromatic rings. The molecule has 0 saturated carbocycles. The van der Waals surface area contributed by atoms with E-state index in [2.05, 4.69) is 36.1 Å². The van der Waals surface area contributed by atoms with Gasteiger partial charge in [-0.15, -0.1) is 0 Å². The van der Waals surface area contributed by atoms with Gasteiger partial charge in [-0.2, -0.15) is 0 Å². The van der Waals surface area contributed by atoms with Crippen LogP contribution in [0.5, 0.6) is 17.2 Å². The van der Waals surface area contributed by atoms with E-state index in [1.807, 2.05) is 54.6 Å². The summed E-state index contributed by atoms with van der Waals surface area (Å²) in [5, 5.41) is 3.16. The molecular formula is C58H87N3O5. The molecule has 0 unspecified atom stereocenters. The van der Waals surface area contributed by atoms with Crippen molar-refractivity contribution in [2.75, 3.05) is 25.1 Å². The van der Waals surface area contributed by atoms with Crippen molar-refractivity contribution in [3.63, 3.8) is 0 Å². The van der Waals surface area contributed by atoms with E-state index >= 15 is 0 Å². The molecule has 0 spiro atoms. The number of hydrogen-bond donors (Lipinski definition) is 3. The standard InChI is InChI=1S/C58H87N3O5/c1-4-7-10-13-16-19-22-25-28-31-40-64-52-44-46(43-50-49-37-34-36-47(54(49)60-57(50)62)48-38-35-39-51-55(48)61-58(63)59-51)45-53(65-41-32-29-26-23-20-17-14-11-8-5-2)56(52)66-42-33-30-27-24-21-18-15-12-9-6-3/h34-39,43-45H,4-33,40-42H2,1-3H3,(H,60,62)(H2,59,61,63)/b50-43+. The summed E-state index contributed by atoms with van der Waals surface area (Å²) in [4.78, 5) is 32.0. The average Bonchev–Trinajstić information content (AvgIpc) is 3.87. The summed E-state index contributed by atoms with van der Waals surface area (Å²) in [6, 6.07) is 15.8.